The second kappa shape index (κ2) is 8.57. The number of hydrogen-bond donors (Lipinski definition) is 1. The van der Waals surface area contributed by atoms with Crippen molar-refractivity contribution in [3.05, 3.63) is 35.4 Å². The van der Waals surface area contributed by atoms with Crippen LogP contribution < -0.4 is 5.32 Å². The molecule has 1 atom stereocenters. The molecule has 2 amide bonds. The van der Waals surface area contributed by atoms with Crippen molar-refractivity contribution < 1.29 is 27.5 Å². The number of hydrogen-bond acceptors (Lipinski definition) is 4. The Morgan fingerprint density at radius 3 is 2.64 bits per heavy atom. The zero-order valence-electron chi connectivity index (χ0n) is 13.6. The van der Waals surface area contributed by atoms with Gasteiger partial charge in [0.15, 0.2) is 0 Å². The van der Waals surface area contributed by atoms with E-state index in [1.165, 1.54) is 35.9 Å². The lowest BCUT2D eigenvalue weighted by Crippen LogP contribution is -2.34. The minimum absolute atomic E-state index is 0.125. The third kappa shape index (κ3) is 5.37. The van der Waals surface area contributed by atoms with E-state index in [4.69, 9.17) is 4.74 Å². The standard InChI is InChI=1S/C16H19F3N2O3S/c1-24-9-7-20-13(22)6-8-21-14(23)10-25-15(21)11-2-4-12(5-3-11)16(17,18)19/h2-5,15H,6-10H2,1H3,(H,20,22)/t15-/m1/s1. The second-order valence-corrected chi connectivity index (χ2v) is 6.53. The molecule has 1 saturated heterocycles. The van der Waals surface area contributed by atoms with Crippen molar-refractivity contribution in [3.63, 3.8) is 0 Å². The van der Waals surface area contributed by atoms with E-state index >= 15 is 0 Å². The first kappa shape index (κ1) is 19.6. The first-order chi connectivity index (χ1) is 11.8. The van der Waals surface area contributed by atoms with Crippen LogP contribution in [-0.2, 0) is 20.5 Å². The van der Waals surface area contributed by atoms with Gasteiger partial charge in [-0.15, -0.1) is 11.8 Å². The summed E-state index contributed by atoms with van der Waals surface area (Å²) in [6.45, 7) is 1.01. The maximum absolute atomic E-state index is 12.6. The number of halogens is 3. The molecule has 0 radical (unpaired) electrons. The van der Waals surface area contributed by atoms with Crippen LogP contribution in [-0.4, -0.2) is 49.3 Å². The summed E-state index contributed by atoms with van der Waals surface area (Å²) in [5, 5.41) is 2.29. The average Bonchev–Trinajstić information content (AvgIpc) is 2.93. The maximum atomic E-state index is 12.6. The third-order valence-electron chi connectivity index (χ3n) is 3.70. The number of nitrogens with zero attached hydrogens (tertiary/aromatic N) is 1. The molecule has 1 fully saturated rings. The van der Waals surface area contributed by atoms with Crippen molar-refractivity contribution in [1.29, 1.82) is 0 Å². The molecule has 0 aromatic heterocycles. The van der Waals surface area contributed by atoms with Gasteiger partial charge in [0.25, 0.3) is 0 Å². The molecular formula is C16H19F3N2O3S. The van der Waals surface area contributed by atoms with Crippen molar-refractivity contribution in [2.75, 3.05) is 32.6 Å². The van der Waals surface area contributed by atoms with Crippen molar-refractivity contribution in [3.8, 4) is 0 Å². The normalized spacial score (nSPS) is 17.8. The van der Waals surface area contributed by atoms with Gasteiger partial charge in [0, 0.05) is 26.6 Å². The van der Waals surface area contributed by atoms with Gasteiger partial charge in [0.2, 0.25) is 11.8 Å². The van der Waals surface area contributed by atoms with Gasteiger partial charge in [-0.25, -0.2) is 0 Å². The number of ether oxygens (including phenoxy) is 1. The zero-order chi connectivity index (χ0) is 18.4. The van der Waals surface area contributed by atoms with Crippen LogP contribution in [0.5, 0.6) is 0 Å². The Morgan fingerprint density at radius 1 is 1.36 bits per heavy atom. The molecule has 1 aromatic carbocycles. The van der Waals surface area contributed by atoms with Crippen LogP contribution in [0.15, 0.2) is 24.3 Å². The molecule has 1 aliphatic rings. The van der Waals surface area contributed by atoms with Gasteiger partial charge in [-0.1, -0.05) is 12.1 Å². The highest BCUT2D eigenvalue weighted by atomic mass is 32.2. The number of carbonyl (C=O) groups is 2. The molecule has 138 valence electrons. The lowest BCUT2D eigenvalue weighted by Gasteiger charge is -2.24. The van der Waals surface area contributed by atoms with E-state index in [0.717, 1.165) is 12.1 Å². The summed E-state index contributed by atoms with van der Waals surface area (Å²) in [6.07, 6.45) is -4.26. The molecule has 1 heterocycles. The highest BCUT2D eigenvalue weighted by molar-refractivity contribution is 8.00. The number of benzene rings is 1. The molecule has 0 unspecified atom stereocenters. The largest absolute Gasteiger partial charge is 0.416 e. The number of methoxy groups -OCH3 is 1. The van der Waals surface area contributed by atoms with Crippen molar-refractivity contribution in [2.24, 2.45) is 0 Å². The van der Waals surface area contributed by atoms with Crippen molar-refractivity contribution in [2.45, 2.75) is 18.0 Å². The van der Waals surface area contributed by atoms with E-state index in [0.29, 0.717) is 18.7 Å². The fraction of sp³-hybridized carbons (Fsp3) is 0.500. The lowest BCUT2D eigenvalue weighted by atomic mass is 10.1. The van der Waals surface area contributed by atoms with Gasteiger partial charge in [0.05, 0.1) is 17.9 Å². The van der Waals surface area contributed by atoms with Gasteiger partial charge in [-0.2, -0.15) is 13.2 Å². The van der Waals surface area contributed by atoms with Crippen LogP contribution in [0.1, 0.15) is 22.9 Å². The van der Waals surface area contributed by atoms with E-state index in [1.807, 2.05) is 0 Å². The molecule has 2 rings (SSSR count). The Labute approximate surface area is 147 Å². The van der Waals surface area contributed by atoms with Gasteiger partial charge in [-0.05, 0) is 17.7 Å². The summed E-state index contributed by atoms with van der Waals surface area (Å²) in [5.74, 6) is -0.0794. The smallest absolute Gasteiger partial charge is 0.383 e. The molecule has 5 nitrogen and oxygen atoms in total. The number of thioether (sulfide) groups is 1. The SMILES string of the molecule is COCCNC(=O)CCN1C(=O)CS[C@@H]1c1ccc(C(F)(F)F)cc1. The Hall–Kier alpha value is -1.74. The van der Waals surface area contributed by atoms with Gasteiger partial charge in [0.1, 0.15) is 5.37 Å². The van der Waals surface area contributed by atoms with E-state index in [9.17, 15) is 22.8 Å². The first-order valence-corrected chi connectivity index (χ1v) is 8.71. The van der Waals surface area contributed by atoms with Gasteiger partial charge < -0.3 is 15.0 Å². The number of nitrogens with one attached hydrogen (secondary N) is 1. The van der Waals surface area contributed by atoms with Crippen LogP contribution >= 0.6 is 11.8 Å². The van der Waals surface area contributed by atoms with Crippen molar-refractivity contribution in [1.82, 2.24) is 10.2 Å². The highest BCUT2D eigenvalue weighted by Crippen LogP contribution is 2.39. The molecule has 0 bridgehead atoms. The van der Waals surface area contributed by atoms with Crippen LogP contribution in [0.3, 0.4) is 0 Å². The monoisotopic (exact) mass is 376 g/mol. The average molecular weight is 376 g/mol. The highest BCUT2D eigenvalue weighted by Gasteiger charge is 2.34. The third-order valence-corrected chi connectivity index (χ3v) is 4.96. The zero-order valence-corrected chi connectivity index (χ0v) is 14.5. The predicted octanol–water partition coefficient (Wildman–Crippen LogP) is 2.43. The minimum atomic E-state index is -4.39. The van der Waals surface area contributed by atoms with E-state index < -0.39 is 11.7 Å². The molecule has 25 heavy (non-hydrogen) atoms. The topological polar surface area (TPSA) is 58.6 Å². The lowest BCUT2D eigenvalue weighted by molar-refractivity contribution is -0.137. The van der Waals surface area contributed by atoms with Crippen LogP contribution in [0.25, 0.3) is 0 Å². The molecule has 0 spiro atoms. The molecule has 1 aromatic rings. The fourth-order valence-corrected chi connectivity index (χ4v) is 3.63. The Kier molecular flexibility index (Phi) is 6.71. The Bertz CT molecular complexity index is 608. The summed E-state index contributed by atoms with van der Waals surface area (Å²) in [5.41, 5.74) is -0.113. The molecule has 0 aliphatic carbocycles. The van der Waals surface area contributed by atoms with E-state index in [2.05, 4.69) is 5.32 Å². The molecule has 0 saturated carbocycles. The second-order valence-electron chi connectivity index (χ2n) is 5.46. The summed E-state index contributed by atoms with van der Waals surface area (Å²) in [4.78, 5) is 25.3. The fourth-order valence-electron chi connectivity index (χ4n) is 2.41. The Morgan fingerprint density at radius 2 is 2.04 bits per heavy atom. The molecule has 1 aliphatic heterocycles. The molecule has 9 heteroatoms. The van der Waals surface area contributed by atoms with E-state index in [-0.39, 0.29) is 35.9 Å². The first-order valence-electron chi connectivity index (χ1n) is 7.67. The number of carbonyl (C=O) groups excluding carboxylic acids is 2. The van der Waals surface area contributed by atoms with Crippen LogP contribution in [0.4, 0.5) is 13.2 Å². The van der Waals surface area contributed by atoms with Crippen LogP contribution in [0, 0.1) is 0 Å². The summed E-state index contributed by atoms with van der Waals surface area (Å²) in [7, 11) is 1.53. The molecule has 1 N–H and O–H groups in total. The molecular weight excluding hydrogens is 357 g/mol. The van der Waals surface area contributed by atoms with Gasteiger partial charge >= 0.3 is 6.18 Å². The number of rotatable bonds is 7. The van der Waals surface area contributed by atoms with Crippen LogP contribution in [0.2, 0.25) is 0 Å². The number of amides is 2. The summed E-state index contributed by atoms with van der Waals surface area (Å²) < 4.78 is 42.8. The maximum Gasteiger partial charge on any atom is 0.416 e. The predicted molar refractivity (Wildman–Crippen MR) is 87.9 cm³/mol. The van der Waals surface area contributed by atoms with Crippen molar-refractivity contribution >= 4 is 23.6 Å². The summed E-state index contributed by atoms with van der Waals surface area (Å²) >= 11 is 1.34. The van der Waals surface area contributed by atoms with E-state index in [1.54, 1.807) is 0 Å². The number of alkyl halides is 3. The quantitative estimate of drug-likeness (QED) is 0.743. The minimum Gasteiger partial charge on any atom is -0.383 e. The van der Waals surface area contributed by atoms with Gasteiger partial charge in [-0.3, -0.25) is 9.59 Å². The Balaban J connectivity index is 1.98. The summed E-state index contributed by atoms with van der Waals surface area (Å²) in [6, 6.07) is 4.78.